The minimum Gasteiger partial charge on any atom is -0.271 e. The summed E-state index contributed by atoms with van der Waals surface area (Å²) in [6.07, 6.45) is 4.90. The van der Waals surface area contributed by atoms with E-state index in [9.17, 15) is 0 Å². The van der Waals surface area contributed by atoms with Gasteiger partial charge in [0.25, 0.3) is 0 Å². The summed E-state index contributed by atoms with van der Waals surface area (Å²) in [6, 6.07) is 10.8. The Balaban J connectivity index is 2.03. The Bertz CT molecular complexity index is 533. The van der Waals surface area contributed by atoms with Crippen molar-refractivity contribution in [2.24, 2.45) is 5.84 Å². The molecule has 0 saturated carbocycles. The smallest absolute Gasteiger partial charge is 0.0632 e. The topological polar surface area (TPSA) is 55.9 Å². The molecular formula is C16H24N4. The molecule has 4 nitrogen and oxygen atoms in total. The van der Waals surface area contributed by atoms with Gasteiger partial charge in [0.05, 0.1) is 11.7 Å². The van der Waals surface area contributed by atoms with E-state index in [0.29, 0.717) is 0 Å². The molecule has 0 fully saturated rings. The van der Waals surface area contributed by atoms with Gasteiger partial charge >= 0.3 is 0 Å². The molecule has 4 heteroatoms. The number of aryl methyl sites for hydroxylation is 3. The number of nitrogens with one attached hydrogen (secondary N) is 1. The molecule has 1 atom stereocenters. The van der Waals surface area contributed by atoms with Crippen molar-refractivity contribution in [3.8, 4) is 0 Å². The molecule has 2 rings (SSSR count). The molecule has 0 aliphatic carbocycles. The van der Waals surface area contributed by atoms with Gasteiger partial charge < -0.3 is 0 Å². The second-order valence-electron chi connectivity index (χ2n) is 5.23. The van der Waals surface area contributed by atoms with Crippen molar-refractivity contribution in [1.29, 1.82) is 0 Å². The van der Waals surface area contributed by atoms with Crippen LogP contribution in [-0.2, 0) is 13.0 Å². The Morgan fingerprint density at radius 3 is 2.90 bits per heavy atom. The molecule has 0 radical (unpaired) electrons. The fourth-order valence-electron chi connectivity index (χ4n) is 2.53. The van der Waals surface area contributed by atoms with Crippen LogP contribution in [0.25, 0.3) is 0 Å². The summed E-state index contributed by atoms with van der Waals surface area (Å²) in [4.78, 5) is 0. The van der Waals surface area contributed by atoms with Crippen molar-refractivity contribution in [2.45, 2.75) is 45.7 Å². The van der Waals surface area contributed by atoms with E-state index in [1.807, 2.05) is 10.9 Å². The quantitative estimate of drug-likeness (QED) is 0.602. The number of hydrogen-bond donors (Lipinski definition) is 2. The molecule has 0 aliphatic rings. The number of nitrogens with two attached hydrogens (primary N) is 1. The maximum absolute atomic E-state index is 5.73. The predicted molar refractivity (Wildman–Crippen MR) is 82.1 cm³/mol. The van der Waals surface area contributed by atoms with Crippen LogP contribution in [0.3, 0.4) is 0 Å². The summed E-state index contributed by atoms with van der Waals surface area (Å²) < 4.78 is 2.04. The van der Waals surface area contributed by atoms with E-state index in [2.05, 4.69) is 54.7 Å². The molecule has 1 unspecified atom stereocenters. The molecular weight excluding hydrogens is 248 g/mol. The van der Waals surface area contributed by atoms with Gasteiger partial charge in [-0.3, -0.25) is 16.0 Å². The van der Waals surface area contributed by atoms with Crippen LogP contribution in [0.2, 0.25) is 0 Å². The fourth-order valence-corrected chi connectivity index (χ4v) is 2.53. The third kappa shape index (κ3) is 3.68. The molecule has 0 saturated heterocycles. The van der Waals surface area contributed by atoms with Gasteiger partial charge in [0.2, 0.25) is 0 Å². The minimum absolute atomic E-state index is 0.143. The maximum atomic E-state index is 5.73. The number of aromatic nitrogens is 2. The first kappa shape index (κ1) is 14.8. The van der Waals surface area contributed by atoms with Crippen molar-refractivity contribution < 1.29 is 0 Å². The molecule has 108 valence electrons. The van der Waals surface area contributed by atoms with Gasteiger partial charge in [-0.15, -0.1) is 0 Å². The van der Waals surface area contributed by atoms with Crippen LogP contribution in [0.15, 0.2) is 36.5 Å². The van der Waals surface area contributed by atoms with Crippen LogP contribution in [0.4, 0.5) is 0 Å². The first-order chi connectivity index (χ1) is 9.74. The van der Waals surface area contributed by atoms with Crippen LogP contribution in [0, 0.1) is 6.92 Å². The number of hydrogen-bond acceptors (Lipinski definition) is 3. The van der Waals surface area contributed by atoms with E-state index in [0.717, 1.165) is 25.8 Å². The van der Waals surface area contributed by atoms with Crippen LogP contribution in [0.5, 0.6) is 0 Å². The molecule has 3 N–H and O–H groups in total. The summed E-state index contributed by atoms with van der Waals surface area (Å²) in [7, 11) is 0. The third-order valence-electron chi connectivity index (χ3n) is 3.55. The second kappa shape index (κ2) is 7.22. The highest BCUT2D eigenvalue weighted by Crippen LogP contribution is 2.19. The first-order valence-corrected chi connectivity index (χ1v) is 7.28. The Morgan fingerprint density at radius 2 is 2.20 bits per heavy atom. The Kier molecular flexibility index (Phi) is 5.32. The lowest BCUT2D eigenvalue weighted by molar-refractivity contribution is 0.457. The summed E-state index contributed by atoms with van der Waals surface area (Å²) in [5, 5.41) is 4.36. The lowest BCUT2D eigenvalue weighted by Gasteiger charge is -2.17. The largest absolute Gasteiger partial charge is 0.271 e. The minimum atomic E-state index is 0.143. The van der Waals surface area contributed by atoms with E-state index in [4.69, 9.17) is 5.84 Å². The molecule has 0 amide bonds. The van der Waals surface area contributed by atoms with E-state index in [1.54, 1.807) is 0 Å². The van der Waals surface area contributed by atoms with Crippen molar-refractivity contribution in [1.82, 2.24) is 15.2 Å². The normalized spacial score (nSPS) is 12.6. The molecule has 2 aromatic rings. The Labute approximate surface area is 121 Å². The molecule has 0 bridgehead atoms. The average Bonchev–Trinajstić information content (AvgIpc) is 2.89. The van der Waals surface area contributed by atoms with Crippen LogP contribution < -0.4 is 11.3 Å². The predicted octanol–water partition coefficient (Wildman–Crippen LogP) is 2.74. The highest BCUT2D eigenvalue weighted by atomic mass is 15.3. The van der Waals surface area contributed by atoms with E-state index >= 15 is 0 Å². The molecule has 0 aliphatic heterocycles. The monoisotopic (exact) mass is 272 g/mol. The Hall–Kier alpha value is -1.65. The summed E-state index contributed by atoms with van der Waals surface area (Å²) in [5.74, 6) is 5.73. The van der Waals surface area contributed by atoms with Crippen molar-refractivity contribution in [2.75, 3.05) is 0 Å². The molecule has 1 heterocycles. The van der Waals surface area contributed by atoms with Crippen molar-refractivity contribution in [3.63, 3.8) is 0 Å². The molecule has 1 aromatic carbocycles. The van der Waals surface area contributed by atoms with Gasteiger partial charge in [-0.2, -0.15) is 5.10 Å². The zero-order valence-corrected chi connectivity index (χ0v) is 12.3. The van der Waals surface area contributed by atoms with E-state index < -0.39 is 0 Å². The zero-order chi connectivity index (χ0) is 14.4. The van der Waals surface area contributed by atoms with Gasteiger partial charge in [0, 0.05) is 12.7 Å². The van der Waals surface area contributed by atoms with Gasteiger partial charge in [0.15, 0.2) is 0 Å². The zero-order valence-electron chi connectivity index (χ0n) is 12.3. The second-order valence-corrected chi connectivity index (χ2v) is 5.23. The summed E-state index contributed by atoms with van der Waals surface area (Å²) in [5.41, 5.74) is 6.75. The highest BCUT2D eigenvalue weighted by Gasteiger charge is 2.14. The molecule has 1 aromatic heterocycles. The summed E-state index contributed by atoms with van der Waals surface area (Å²) >= 11 is 0. The molecule has 20 heavy (non-hydrogen) atoms. The number of benzene rings is 1. The van der Waals surface area contributed by atoms with E-state index in [1.165, 1.54) is 16.8 Å². The lowest BCUT2D eigenvalue weighted by atomic mass is 10.0. The van der Waals surface area contributed by atoms with E-state index in [-0.39, 0.29) is 6.04 Å². The standard InChI is InChI=1S/C16H24N4/c1-3-11-20-16(9-10-18-20)15(19-17)8-7-14-6-4-5-13(2)12-14/h4-6,9-10,12,15,19H,3,7-8,11,17H2,1-2H3. The Morgan fingerprint density at radius 1 is 1.35 bits per heavy atom. The van der Waals surface area contributed by atoms with Crippen LogP contribution >= 0.6 is 0 Å². The fraction of sp³-hybridized carbons (Fsp3) is 0.438. The maximum Gasteiger partial charge on any atom is 0.0632 e. The highest BCUT2D eigenvalue weighted by molar-refractivity contribution is 5.22. The van der Waals surface area contributed by atoms with Gasteiger partial charge in [0.1, 0.15) is 0 Å². The van der Waals surface area contributed by atoms with Crippen molar-refractivity contribution >= 4 is 0 Å². The first-order valence-electron chi connectivity index (χ1n) is 7.28. The number of hydrazine groups is 1. The molecule has 0 spiro atoms. The number of rotatable bonds is 7. The lowest BCUT2D eigenvalue weighted by Crippen LogP contribution is -2.30. The average molecular weight is 272 g/mol. The van der Waals surface area contributed by atoms with Crippen molar-refractivity contribution in [3.05, 3.63) is 53.3 Å². The van der Waals surface area contributed by atoms with Gasteiger partial charge in [-0.25, -0.2) is 0 Å². The van der Waals surface area contributed by atoms with Crippen LogP contribution in [0.1, 0.15) is 42.6 Å². The summed E-state index contributed by atoms with van der Waals surface area (Å²) in [6.45, 7) is 5.21. The van der Waals surface area contributed by atoms with Gasteiger partial charge in [-0.05, 0) is 37.8 Å². The number of nitrogens with zero attached hydrogens (tertiary/aromatic N) is 2. The SMILES string of the molecule is CCCn1nccc1C(CCc1cccc(C)c1)NN. The van der Waals surface area contributed by atoms with Crippen LogP contribution in [-0.4, -0.2) is 9.78 Å². The van der Waals surface area contributed by atoms with Gasteiger partial charge in [-0.1, -0.05) is 36.8 Å². The third-order valence-corrected chi connectivity index (χ3v) is 3.55.